The zero-order valence-corrected chi connectivity index (χ0v) is 11.8. The van der Waals surface area contributed by atoms with Crippen LogP contribution >= 0.6 is 15.9 Å². The number of halogens is 1. The third kappa shape index (κ3) is 3.73. The molecule has 94 valence electrons. The molecule has 17 heavy (non-hydrogen) atoms. The summed E-state index contributed by atoms with van der Waals surface area (Å²) in [7, 11) is 0. The Morgan fingerprint density at radius 1 is 1.29 bits per heavy atom. The van der Waals surface area contributed by atoms with Gasteiger partial charge in [-0.15, -0.1) is 0 Å². The normalized spacial score (nSPS) is 10.3. The monoisotopic (exact) mass is 299 g/mol. The maximum absolute atomic E-state index is 11.1. The van der Waals surface area contributed by atoms with Crippen LogP contribution in [0.5, 0.6) is 0 Å². The van der Waals surface area contributed by atoms with Gasteiger partial charge in [0.2, 0.25) is 0 Å². The average Bonchev–Trinajstić information content (AvgIpc) is 2.29. The molecule has 0 unspecified atom stereocenters. The van der Waals surface area contributed by atoms with Crippen molar-refractivity contribution >= 4 is 27.6 Å². The number of rotatable bonds is 6. The zero-order valence-electron chi connectivity index (χ0n) is 10.2. The van der Waals surface area contributed by atoms with Crippen LogP contribution in [-0.2, 0) is 0 Å². The summed E-state index contributed by atoms with van der Waals surface area (Å²) >= 11 is 3.26. The van der Waals surface area contributed by atoms with Gasteiger partial charge in [-0.05, 0) is 47.0 Å². The highest BCUT2D eigenvalue weighted by Crippen LogP contribution is 2.24. The van der Waals surface area contributed by atoms with E-state index in [0.29, 0.717) is 10.0 Å². The minimum absolute atomic E-state index is 0.319. The van der Waals surface area contributed by atoms with Crippen molar-refractivity contribution < 1.29 is 9.90 Å². The van der Waals surface area contributed by atoms with Crippen LogP contribution < -0.4 is 4.90 Å². The molecular formula is C13H18BrNO2. The maximum Gasteiger partial charge on any atom is 0.336 e. The quantitative estimate of drug-likeness (QED) is 0.869. The van der Waals surface area contributed by atoms with E-state index in [4.69, 9.17) is 5.11 Å². The van der Waals surface area contributed by atoms with E-state index in [1.807, 2.05) is 6.07 Å². The lowest BCUT2D eigenvalue weighted by molar-refractivity contribution is 0.0696. The van der Waals surface area contributed by atoms with Crippen LogP contribution in [0.25, 0.3) is 0 Å². The van der Waals surface area contributed by atoms with Crippen LogP contribution in [0.3, 0.4) is 0 Å². The molecule has 0 aliphatic rings. The second-order valence-electron chi connectivity index (χ2n) is 3.96. The predicted molar refractivity (Wildman–Crippen MR) is 73.9 cm³/mol. The summed E-state index contributed by atoms with van der Waals surface area (Å²) in [6, 6.07) is 5.50. The highest BCUT2D eigenvalue weighted by Gasteiger charge is 2.12. The van der Waals surface area contributed by atoms with Crippen molar-refractivity contribution in [2.75, 3.05) is 18.0 Å². The van der Waals surface area contributed by atoms with Gasteiger partial charge in [0.1, 0.15) is 0 Å². The van der Waals surface area contributed by atoms with E-state index < -0.39 is 5.97 Å². The van der Waals surface area contributed by atoms with E-state index in [-0.39, 0.29) is 0 Å². The van der Waals surface area contributed by atoms with Crippen molar-refractivity contribution in [3.8, 4) is 0 Å². The number of carbonyl (C=O) groups is 1. The highest BCUT2D eigenvalue weighted by molar-refractivity contribution is 9.10. The number of hydrogen-bond acceptors (Lipinski definition) is 2. The number of benzene rings is 1. The Balaban J connectivity index is 3.03. The van der Waals surface area contributed by atoms with Crippen LogP contribution in [0, 0.1) is 0 Å². The number of aromatic carboxylic acids is 1. The number of anilines is 1. The molecule has 3 nitrogen and oxygen atoms in total. The van der Waals surface area contributed by atoms with Crippen molar-refractivity contribution in [2.24, 2.45) is 0 Å². The van der Waals surface area contributed by atoms with E-state index in [1.165, 1.54) is 0 Å². The van der Waals surface area contributed by atoms with Crippen molar-refractivity contribution in [3.05, 3.63) is 28.2 Å². The summed E-state index contributed by atoms with van der Waals surface area (Å²) in [5, 5.41) is 9.08. The SMILES string of the molecule is CCCN(CCC)c1ccc(Br)c(C(=O)O)c1. The fraction of sp³-hybridized carbons (Fsp3) is 0.462. The Morgan fingerprint density at radius 3 is 2.35 bits per heavy atom. The summed E-state index contributed by atoms with van der Waals surface area (Å²) in [4.78, 5) is 13.3. The van der Waals surface area contributed by atoms with Crippen molar-refractivity contribution in [3.63, 3.8) is 0 Å². The zero-order chi connectivity index (χ0) is 12.8. The molecule has 0 fully saturated rings. The number of nitrogens with zero attached hydrogens (tertiary/aromatic N) is 1. The molecule has 1 aromatic carbocycles. The third-order valence-corrected chi connectivity index (χ3v) is 3.22. The van der Waals surface area contributed by atoms with Crippen LogP contribution in [-0.4, -0.2) is 24.2 Å². The van der Waals surface area contributed by atoms with Gasteiger partial charge >= 0.3 is 5.97 Å². The summed E-state index contributed by atoms with van der Waals surface area (Å²) in [6.45, 7) is 6.16. The largest absolute Gasteiger partial charge is 0.478 e. The molecule has 0 aromatic heterocycles. The molecule has 0 amide bonds. The first kappa shape index (κ1) is 14.0. The van der Waals surface area contributed by atoms with Crippen LogP contribution in [0.1, 0.15) is 37.0 Å². The molecule has 0 heterocycles. The topological polar surface area (TPSA) is 40.5 Å². The summed E-state index contributed by atoms with van der Waals surface area (Å²) in [6.07, 6.45) is 2.11. The molecule has 0 aliphatic heterocycles. The molecule has 0 saturated heterocycles. The first-order valence-corrected chi connectivity index (χ1v) is 6.67. The second-order valence-corrected chi connectivity index (χ2v) is 4.81. The molecule has 4 heteroatoms. The minimum atomic E-state index is -0.897. The van der Waals surface area contributed by atoms with Crippen molar-refractivity contribution in [2.45, 2.75) is 26.7 Å². The molecule has 0 radical (unpaired) electrons. The molecule has 1 N–H and O–H groups in total. The molecule has 0 bridgehead atoms. The molecule has 0 saturated carbocycles. The van der Waals surface area contributed by atoms with E-state index in [0.717, 1.165) is 31.6 Å². The third-order valence-electron chi connectivity index (χ3n) is 2.53. The first-order valence-electron chi connectivity index (χ1n) is 5.88. The van der Waals surface area contributed by atoms with Crippen molar-refractivity contribution in [1.29, 1.82) is 0 Å². The van der Waals surface area contributed by atoms with E-state index in [9.17, 15) is 4.79 Å². The predicted octanol–water partition coefficient (Wildman–Crippen LogP) is 3.77. The smallest absolute Gasteiger partial charge is 0.336 e. The number of carboxylic acid groups (broad SMARTS) is 1. The van der Waals surface area contributed by atoms with Gasteiger partial charge in [-0.1, -0.05) is 13.8 Å². The Bertz CT molecular complexity index is 387. The van der Waals surface area contributed by atoms with E-state index in [2.05, 4.69) is 34.7 Å². The highest BCUT2D eigenvalue weighted by atomic mass is 79.9. The lowest BCUT2D eigenvalue weighted by atomic mass is 10.2. The molecule has 0 aliphatic carbocycles. The Kier molecular flexibility index (Phi) is 5.48. The second kappa shape index (κ2) is 6.64. The van der Waals surface area contributed by atoms with Gasteiger partial charge in [0.05, 0.1) is 5.56 Å². The van der Waals surface area contributed by atoms with Crippen molar-refractivity contribution in [1.82, 2.24) is 0 Å². The van der Waals surface area contributed by atoms with Crippen LogP contribution in [0.4, 0.5) is 5.69 Å². The standard InChI is InChI=1S/C13H18BrNO2/c1-3-7-15(8-4-2)10-5-6-12(14)11(9-10)13(16)17/h5-6,9H,3-4,7-8H2,1-2H3,(H,16,17). The summed E-state index contributed by atoms with van der Waals surface area (Å²) in [5.74, 6) is -0.897. The van der Waals surface area contributed by atoms with E-state index >= 15 is 0 Å². The summed E-state index contributed by atoms with van der Waals surface area (Å²) in [5.41, 5.74) is 1.30. The minimum Gasteiger partial charge on any atom is -0.478 e. The molecule has 1 rings (SSSR count). The molecule has 0 atom stereocenters. The van der Waals surface area contributed by atoms with Gasteiger partial charge in [-0.2, -0.15) is 0 Å². The molecule has 1 aromatic rings. The molecular weight excluding hydrogens is 282 g/mol. The van der Waals surface area contributed by atoms with Gasteiger partial charge < -0.3 is 10.0 Å². The number of carboxylic acids is 1. The average molecular weight is 300 g/mol. The fourth-order valence-corrected chi connectivity index (χ4v) is 2.20. The van der Waals surface area contributed by atoms with Gasteiger partial charge in [0, 0.05) is 23.2 Å². The summed E-state index contributed by atoms with van der Waals surface area (Å²) < 4.78 is 0.627. The molecule has 0 spiro atoms. The van der Waals surface area contributed by atoms with Gasteiger partial charge in [0.25, 0.3) is 0 Å². The van der Waals surface area contributed by atoms with Gasteiger partial charge in [0.15, 0.2) is 0 Å². The number of hydrogen-bond donors (Lipinski definition) is 1. The lowest BCUT2D eigenvalue weighted by Gasteiger charge is -2.24. The van der Waals surface area contributed by atoms with Gasteiger partial charge in [-0.25, -0.2) is 4.79 Å². The Morgan fingerprint density at radius 2 is 1.88 bits per heavy atom. The van der Waals surface area contributed by atoms with Crippen LogP contribution in [0.15, 0.2) is 22.7 Å². The maximum atomic E-state index is 11.1. The Hall–Kier alpha value is -1.03. The fourth-order valence-electron chi connectivity index (χ4n) is 1.78. The van der Waals surface area contributed by atoms with Crippen LogP contribution in [0.2, 0.25) is 0 Å². The first-order chi connectivity index (χ1) is 8.10. The lowest BCUT2D eigenvalue weighted by Crippen LogP contribution is -2.25. The van der Waals surface area contributed by atoms with E-state index in [1.54, 1.807) is 12.1 Å². The van der Waals surface area contributed by atoms with Gasteiger partial charge in [-0.3, -0.25) is 0 Å². The Labute approximate surface area is 111 Å².